The Morgan fingerprint density at radius 2 is 2.08 bits per heavy atom. The Hall–Kier alpha value is -1.64. The first-order chi connectivity index (χ1) is 11.0. The molecule has 2 aliphatic heterocycles. The lowest BCUT2D eigenvalue weighted by atomic mass is 9.92. The summed E-state index contributed by atoms with van der Waals surface area (Å²) in [4.78, 5) is 37.5. The minimum absolute atomic E-state index is 0.0500. The first-order valence-electron chi connectivity index (χ1n) is 8.16. The van der Waals surface area contributed by atoms with E-state index in [1.807, 2.05) is 13.8 Å². The van der Waals surface area contributed by atoms with Crippen LogP contribution in [0.1, 0.15) is 40.0 Å². The van der Waals surface area contributed by atoms with Gasteiger partial charge in [0.25, 0.3) is 5.91 Å². The van der Waals surface area contributed by atoms with E-state index in [4.69, 9.17) is 0 Å². The molecule has 2 fully saturated rings. The molecule has 24 heavy (non-hydrogen) atoms. The molecule has 0 spiro atoms. The maximum Gasteiger partial charge on any atom is 0.325 e. The normalized spacial score (nSPS) is 29.2. The third kappa shape index (κ3) is 4.25. The Kier molecular flexibility index (Phi) is 5.22. The minimum atomic E-state index is -3.10. The van der Waals surface area contributed by atoms with E-state index in [1.54, 1.807) is 6.92 Å². The van der Waals surface area contributed by atoms with Gasteiger partial charge in [-0.15, -0.1) is 0 Å². The van der Waals surface area contributed by atoms with Gasteiger partial charge in [-0.25, -0.2) is 13.2 Å². The van der Waals surface area contributed by atoms with E-state index in [1.165, 1.54) is 0 Å². The molecule has 2 N–H and O–H groups in total. The molecule has 0 saturated carbocycles. The van der Waals surface area contributed by atoms with Gasteiger partial charge in [0.15, 0.2) is 9.84 Å². The molecule has 8 nitrogen and oxygen atoms in total. The molecule has 136 valence electrons. The molecule has 4 amide bonds. The number of rotatable bonds is 6. The van der Waals surface area contributed by atoms with Gasteiger partial charge in [0.1, 0.15) is 12.1 Å². The Labute approximate surface area is 142 Å². The zero-order chi connectivity index (χ0) is 18.1. The summed E-state index contributed by atoms with van der Waals surface area (Å²) in [6, 6.07) is -1.03. The van der Waals surface area contributed by atoms with Gasteiger partial charge in [0, 0.05) is 6.04 Å². The van der Waals surface area contributed by atoms with Crippen LogP contribution in [0.15, 0.2) is 0 Å². The summed E-state index contributed by atoms with van der Waals surface area (Å²) in [6.07, 6.45) is 1.65. The maximum absolute atomic E-state index is 12.5. The van der Waals surface area contributed by atoms with Gasteiger partial charge in [-0.3, -0.25) is 14.5 Å². The molecule has 2 heterocycles. The highest BCUT2D eigenvalue weighted by Crippen LogP contribution is 2.24. The zero-order valence-corrected chi connectivity index (χ0v) is 15.1. The van der Waals surface area contributed by atoms with Crippen LogP contribution in [0.5, 0.6) is 0 Å². The minimum Gasteiger partial charge on any atom is -0.351 e. The second-order valence-corrected chi connectivity index (χ2v) is 9.48. The quantitative estimate of drug-likeness (QED) is 0.650. The lowest BCUT2D eigenvalue weighted by Gasteiger charge is -2.22. The van der Waals surface area contributed by atoms with Crippen molar-refractivity contribution in [2.45, 2.75) is 51.6 Å². The number of nitrogens with zero attached hydrogens (tertiary/aromatic N) is 1. The van der Waals surface area contributed by atoms with Gasteiger partial charge in [-0.2, -0.15) is 0 Å². The van der Waals surface area contributed by atoms with Gasteiger partial charge < -0.3 is 10.6 Å². The van der Waals surface area contributed by atoms with E-state index in [0.29, 0.717) is 18.8 Å². The molecule has 2 aliphatic rings. The fourth-order valence-corrected chi connectivity index (χ4v) is 4.64. The highest BCUT2D eigenvalue weighted by atomic mass is 32.2. The molecule has 2 atom stereocenters. The number of hydrogen-bond acceptors (Lipinski definition) is 5. The Morgan fingerprint density at radius 1 is 1.42 bits per heavy atom. The van der Waals surface area contributed by atoms with Crippen LogP contribution in [-0.4, -0.2) is 60.8 Å². The monoisotopic (exact) mass is 359 g/mol. The van der Waals surface area contributed by atoms with Crippen molar-refractivity contribution in [2.75, 3.05) is 18.1 Å². The fraction of sp³-hybridized carbons (Fsp3) is 0.800. The van der Waals surface area contributed by atoms with Crippen molar-refractivity contribution in [3.8, 4) is 0 Å². The maximum atomic E-state index is 12.5. The molecule has 0 radical (unpaired) electrons. The molecular weight excluding hydrogens is 334 g/mol. The van der Waals surface area contributed by atoms with Crippen LogP contribution in [-0.2, 0) is 19.4 Å². The Balaban J connectivity index is 1.93. The van der Waals surface area contributed by atoms with Crippen LogP contribution in [0.3, 0.4) is 0 Å². The topological polar surface area (TPSA) is 113 Å². The van der Waals surface area contributed by atoms with Crippen LogP contribution in [0.25, 0.3) is 0 Å². The summed E-state index contributed by atoms with van der Waals surface area (Å²) >= 11 is 0. The largest absolute Gasteiger partial charge is 0.351 e. The van der Waals surface area contributed by atoms with Crippen LogP contribution >= 0.6 is 0 Å². The SMILES string of the molecule is CC(C)CC[C@@]1(C)NC(=O)N(CC(=O)N[C@H]2CCS(=O)(=O)C2)C1=O. The molecule has 0 unspecified atom stereocenters. The highest BCUT2D eigenvalue weighted by Gasteiger charge is 2.48. The number of nitrogens with one attached hydrogen (secondary N) is 2. The van der Waals surface area contributed by atoms with E-state index in [-0.39, 0.29) is 11.5 Å². The first-order valence-corrected chi connectivity index (χ1v) is 9.98. The third-order valence-corrected chi connectivity index (χ3v) is 6.23. The van der Waals surface area contributed by atoms with E-state index in [0.717, 1.165) is 11.3 Å². The summed E-state index contributed by atoms with van der Waals surface area (Å²) in [5.41, 5.74) is -0.988. The van der Waals surface area contributed by atoms with E-state index >= 15 is 0 Å². The van der Waals surface area contributed by atoms with Gasteiger partial charge in [0.2, 0.25) is 5.91 Å². The standard InChI is InChI=1S/C15H25N3O5S/c1-10(2)4-6-15(3)13(20)18(14(21)17-15)8-12(19)16-11-5-7-24(22,23)9-11/h10-11H,4-9H2,1-3H3,(H,16,19)(H,17,21)/t11-,15+/m0/s1. The molecule has 2 rings (SSSR count). The van der Waals surface area contributed by atoms with E-state index in [2.05, 4.69) is 10.6 Å². The summed E-state index contributed by atoms with van der Waals surface area (Å²) in [5.74, 6) is -0.580. The number of sulfone groups is 1. The second kappa shape index (κ2) is 6.70. The lowest BCUT2D eigenvalue weighted by Crippen LogP contribution is -2.46. The summed E-state index contributed by atoms with van der Waals surface area (Å²) < 4.78 is 22.8. The third-order valence-electron chi connectivity index (χ3n) is 4.47. The predicted octanol–water partition coefficient (Wildman–Crippen LogP) is 0.0364. The molecule has 0 aromatic rings. The van der Waals surface area contributed by atoms with Gasteiger partial charge in [-0.1, -0.05) is 13.8 Å². The van der Waals surface area contributed by atoms with Gasteiger partial charge in [-0.05, 0) is 32.1 Å². The van der Waals surface area contributed by atoms with Crippen molar-refractivity contribution in [1.82, 2.24) is 15.5 Å². The first kappa shape index (κ1) is 18.7. The molecule has 9 heteroatoms. The Morgan fingerprint density at radius 3 is 2.62 bits per heavy atom. The van der Waals surface area contributed by atoms with Crippen molar-refractivity contribution in [2.24, 2.45) is 5.92 Å². The number of hydrogen-bond donors (Lipinski definition) is 2. The van der Waals surface area contributed by atoms with Gasteiger partial charge >= 0.3 is 6.03 Å². The van der Waals surface area contributed by atoms with E-state index < -0.39 is 45.8 Å². The van der Waals surface area contributed by atoms with Crippen LogP contribution in [0.4, 0.5) is 4.79 Å². The predicted molar refractivity (Wildman–Crippen MR) is 87.9 cm³/mol. The van der Waals surface area contributed by atoms with Crippen molar-refractivity contribution < 1.29 is 22.8 Å². The number of carbonyl (C=O) groups excluding carboxylic acids is 3. The lowest BCUT2D eigenvalue weighted by molar-refractivity contribution is -0.135. The number of amides is 4. The molecule has 0 aliphatic carbocycles. The average molecular weight is 359 g/mol. The van der Waals surface area contributed by atoms with Crippen molar-refractivity contribution >= 4 is 27.7 Å². The average Bonchev–Trinajstić information content (AvgIpc) is 2.89. The number of carbonyl (C=O) groups is 3. The van der Waals surface area contributed by atoms with Crippen LogP contribution in [0.2, 0.25) is 0 Å². The molecular formula is C15H25N3O5S. The van der Waals surface area contributed by atoms with Crippen molar-refractivity contribution in [3.05, 3.63) is 0 Å². The number of imide groups is 1. The van der Waals surface area contributed by atoms with Crippen molar-refractivity contribution in [3.63, 3.8) is 0 Å². The summed E-state index contributed by atoms with van der Waals surface area (Å²) in [6.45, 7) is 5.34. The fourth-order valence-electron chi connectivity index (χ4n) is 2.96. The molecule has 2 saturated heterocycles. The number of urea groups is 1. The van der Waals surface area contributed by atoms with Crippen molar-refractivity contribution in [1.29, 1.82) is 0 Å². The molecule has 0 aromatic heterocycles. The summed E-state index contributed by atoms with van der Waals surface area (Å²) in [5, 5.41) is 5.25. The summed E-state index contributed by atoms with van der Waals surface area (Å²) in [7, 11) is -3.10. The molecule has 0 bridgehead atoms. The highest BCUT2D eigenvalue weighted by molar-refractivity contribution is 7.91. The molecule has 0 aromatic carbocycles. The zero-order valence-electron chi connectivity index (χ0n) is 14.3. The smallest absolute Gasteiger partial charge is 0.325 e. The van der Waals surface area contributed by atoms with Crippen LogP contribution < -0.4 is 10.6 Å². The van der Waals surface area contributed by atoms with Gasteiger partial charge in [0.05, 0.1) is 11.5 Å². The second-order valence-electron chi connectivity index (χ2n) is 7.25. The van der Waals surface area contributed by atoms with E-state index in [9.17, 15) is 22.8 Å². The van der Waals surface area contributed by atoms with Crippen LogP contribution in [0, 0.1) is 5.92 Å². The Bertz CT molecular complexity index is 645.